The van der Waals surface area contributed by atoms with Crippen LogP contribution in [-0.2, 0) is 6.18 Å². The van der Waals surface area contributed by atoms with E-state index in [-0.39, 0.29) is 11.0 Å². The molecule has 0 unspecified atom stereocenters. The van der Waals surface area contributed by atoms with Crippen LogP contribution in [0.5, 0.6) is 0 Å². The summed E-state index contributed by atoms with van der Waals surface area (Å²) in [6.45, 7) is 3.87. The smallest absolute Gasteiger partial charge is 0.357 e. The number of aromatic nitrogens is 2. The van der Waals surface area contributed by atoms with Gasteiger partial charge in [0.05, 0.1) is 0 Å². The number of hydrogen-bond acceptors (Lipinski definition) is 4. The van der Waals surface area contributed by atoms with Gasteiger partial charge in [0.1, 0.15) is 11.0 Å². The number of alkyl halides is 3. The summed E-state index contributed by atoms with van der Waals surface area (Å²) in [4.78, 5) is 10.6. The number of nitrogens with zero attached hydrogens (tertiary/aromatic N) is 4. The highest BCUT2D eigenvalue weighted by molar-refractivity contribution is 6.29. The van der Waals surface area contributed by atoms with Crippen LogP contribution in [0.3, 0.4) is 0 Å². The molecule has 0 aromatic carbocycles. The topological polar surface area (TPSA) is 32.3 Å². The van der Waals surface area contributed by atoms with Crippen molar-refractivity contribution in [2.24, 2.45) is 0 Å². The van der Waals surface area contributed by atoms with E-state index in [0.717, 1.165) is 13.0 Å². The zero-order valence-electron chi connectivity index (χ0n) is 11.7. The fourth-order valence-corrected chi connectivity index (χ4v) is 1.88. The molecule has 8 heteroatoms. The van der Waals surface area contributed by atoms with Crippen LogP contribution in [0.4, 0.5) is 19.0 Å². The predicted octanol–water partition coefficient (Wildman–Crippen LogP) is 2.93. The van der Waals surface area contributed by atoms with Gasteiger partial charge in [0.2, 0.25) is 5.82 Å². The van der Waals surface area contributed by atoms with E-state index in [1.807, 2.05) is 25.9 Å². The molecule has 0 atom stereocenters. The van der Waals surface area contributed by atoms with Gasteiger partial charge in [-0.05, 0) is 34.0 Å². The Morgan fingerprint density at radius 2 is 1.85 bits per heavy atom. The summed E-state index contributed by atoms with van der Waals surface area (Å²) in [5, 5.41) is -0.201. The second-order valence-corrected chi connectivity index (χ2v) is 4.99. The minimum Gasteiger partial charge on any atom is -0.357 e. The van der Waals surface area contributed by atoms with Gasteiger partial charge in [-0.15, -0.1) is 0 Å². The zero-order valence-corrected chi connectivity index (χ0v) is 12.5. The van der Waals surface area contributed by atoms with Crippen LogP contribution in [0, 0.1) is 0 Å². The average molecular weight is 311 g/mol. The molecule has 4 nitrogen and oxygen atoms in total. The van der Waals surface area contributed by atoms with Gasteiger partial charge >= 0.3 is 6.18 Å². The predicted molar refractivity (Wildman–Crippen MR) is 73.1 cm³/mol. The van der Waals surface area contributed by atoms with Crippen LogP contribution in [0.25, 0.3) is 0 Å². The summed E-state index contributed by atoms with van der Waals surface area (Å²) in [5.74, 6) is -0.996. The third kappa shape index (κ3) is 5.13. The minimum atomic E-state index is -4.59. The fourth-order valence-electron chi connectivity index (χ4n) is 1.71. The van der Waals surface area contributed by atoms with Crippen LogP contribution in [0.1, 0.15) is 19.2 Å². The highest BCUT2D eigenvalue weighted by Gasteiger charge is 2.35. The monoisotopic (exact) mass is 310 g/mol. The highest BCUT2D eigenvalue weighted by atomic mass is 35.5. The minimum absolute atomic E-state index is 0.201. The molecule has 20 heavy (non-hydrogen) atoms. The molecule has 1 rings (SSSR count). The Bertz CT molecular complexity index is 437. The number of hydrogen-bond donors (Lipinski definition) is 0. The van der Waals surface area contributed by atoms with Gasteiger partial charge in [-0.3, -0.25) is 0 Å². The van der Waals surface area contributed by atoms with Gasteiger partial charge in [-0.1, -0.05) is 11.6 Å². The van der Waals surface area contributed by atoms with E-state index in [4.69, 9.17) is 11.6 Å². The van der Waals surface area contributed by atoms with Gasteiger partial charge < -0.3 is 9.80 Å². The van der Waals surface area contributed by atoms with E-state index in [9.17, 15) is 13.2 Å². The molecule has 114 valence electrons. The van der Waals surface area contributed by atoms with Crippen LogP contribution >= 0.6 is 11.6 Å². The molecular formula is C12H18ClF3N4. The van der Waals surface area contributed by atoms with Crippen molar-refractivity contribution in [3.8, 4) is 0 Å². The first-order chi connectivity index (χ1) is 9.24. The van der Waals surface area contributed by atoms with Gasteiger partial charge in [0.15, 0.2) is 0 Å². The van der Waals surface area contributed by atoms with Crippen LogP contribution in [0.15, 0.2) is 6.07 Å². The molecule has 0 radical (unpaired) electrons. The Labute approximate surface area is 121 Å². The standard InChI is InChI=1S/C12H18ClF3N4/c1-4-20(7-5-6-19(2)3)10-8-9(13)17-11(18-10)12(14,15)16/h8H,4-7H2,1-3H3. The maximum atomic E-state index is 12.7. The largest absolute Gasteiger partial charge is 0.451 e. The van der Waals surface area contributed by atoms with Crippen LogP contribution in [-0.4, -0.2) is 48.6 Å². The van der Waals surface area contributed by atoms with E-state index in [1.54, 1.807) is 4.90 Å². The normalized spacial score (nSPS) is 12.0. The molecular weight excluding hydrogens is 293 g/mol. The van der Waals surface area contributed by atoms with Crippen molar-refractivity contribution in [3.05, 3.63) is 17.0 Å². The first-order valence-corrected chi connectivity index (χ1v) is 6.63. The van der Waals surface area contributed by atoms with Crippen molar-refractivity contribution in [1.82, 2.24) is 14.9 Å². The van der Waals surface area contributed by atoms with Gasteiger partial charge in [0, 0.05) is 19.2 Å². The summed E-state index contributed by atoms with van der Waals surface area (Å²) in [5.41, 5.74) is 0. The molecule has 0 N–H and O–H groups in total. The molecule has 0 bridgehead atoms. The van der Waals surface area contributed by atoms with Crippen molar-refractivity contribution >= 4 is 17.4 Å². The van der Waals surface area contributed by atoms with Crippen LogP contribution in [0.2, 0.25) is 5.15 Å². The first-order valence-electron chi connectivity index (χ1n) is 6.25. The molecule has 0 aliphatic heterocycles. The number of anilines is 1. The van der Waals surface area contributed by atoms with Crippen molar-refractivity contribution in [3.63, 3.8) is 0 Å². The van der Waals surface area contributed by atoms with Crippen molar-refractivity contribution in [1.29, 1.82) is 0 Å². The summed E-state index contributed by atoms with van der Waals surface area (Å²) >= 11 is 5.66. The lowest BCUT2D eigenvalue weighted by Gasteiger charge is -2.23. The summed E-state index contributed by atoms with van der Waals surface area (Å²) in [7, 11) is 3.89. The average Bonchev–Trinajstić information content (AvgIpc) is 2.32. The second kappa shape index (κ2) is 7.08. The van der Waals surface area contributed by atoms with Gasteiger partial charge in [0.25, 0.3) is 0 Å². The molecule has 0 aliphatic rings. The van der Waals surface area contributed by atoms with Gasteiger partial charge in [-0.2, -0.15) is 13.2 Å². The van der Waals surface area contributed by atoms with E-state index in [2.05, 4.69) is 9.97 Å². The van der Waals surface area contributed by atoms with Crippen molar-refractivity contribution < 1.29 is 13.2 Å². The Balaban J connectivity index is 2.89. The molecule has 1 aromatic rings. The Hall–Kier alpha value is -1.08. The lowest BCUT2D eigenvalue weighted by Crippen LogP contribution is -2.28. The second-order valence-electron chi connectivity index (χ2n) is 4.61. The fraction of sp³-hybridized carbons (Fsp3) is 0.667. The Morgan fingerprint density at radius 3 is 2.35 bits per heavy atom. The summed E-state index contributed by atoms with van der Waals surface area (Å²) < 4.78 is 38.0. The molecule has 0 spiro atoms. The molecule has 0 saturated heterocycles. The van der Waals surface area contributed by atoms with Crippen molar-refractivity contribution in [2.75, 3.05) is 38.6 Å². The summed E-state index contributed by atoms with van der Waals surface area (Å²) in [6, 6.07) is 1.36. The highest BCUT2D eigenvalue weighted by Crippen LogP contribution is 2.29. The van der Waals surface area contributed by atoms with Gasteiger partial charge in [-0.25, -0.2) is 9.97 Å². The van der Waals surface area contributed by atoms with Crippen molar-refractivity contribution in [2.45, 2.75) is 19.5 Å². The van der Waals surface area contributed by atoms with E-state index in [0.29, 0.717) is 13.1 Å². The molecule has 0 fully saturated rings. The Kier molecular flexibility index (Phi) is 6.01. The molecule has 1 heterocycles. The quantitative estimate of drug-likeness (QED) is 0.756. The summed E-state index contributed by atoms with van der Waals surface area (Å²) in [6.07, 6.45) is -3.77. The van der Waals surface area contributed by atoms with E-state index < -0.39 is 12.0 Å². The number of halogens is 4. The number of rotatable bonds is 6. The molecule has 0 saturated carbocycles. The maximum Gasteiger partial charge on any atom is 0.451 e. The maximum absolute atomic E-state index is 12.7. The third-order valence-electron chi connectivity index (χ3n) is 2.67. The first kappa shape index (κ1) is 17.0. The van der Waals surface area contributed by atoms with Crippen LogP contribution < -0.4 is 4.90 Å². The molecule has 1 aromatic heterocycles. The SMILES string of the molecule is CCN(CCCN(C)C)c1cc(Cl)nc(C(F)(F)F)n1. The lowest BCUT2D eigenvalue weighted by atomic mass is 10.3. The molecule has 0 amide bonds. The lowest BCUT2D eigenvalue weighted by molar-refractivity contribution is -0.144. The zero-order chi connectivity index (χ0) is 15.3. The van der Waals surface area contributed by atoms with E-state index >= 15 is 0 Å². The Morgan fingerprint density at radius 1 is 1.20 bits per heavy atom. The van der Waals surface area contributed by atoms with E-state index in [1.165, 1.54) is 6.07 Å². The third-order valence-corrected chi connectivity index (χ3v) is 2.87. The molecule has 0 aliphatic carbocycles.